The molecule has 0 saturated heterocycles. The SMILES string of the molecule is C[C@@H]1C[C@@]2(C)C(=CC1=O)CC[C@@H]1[C@@H]2[C@@H](O)C[C@@]2(C)[C@H]1CC[C@]2(O)CCO. The van der Waals surface area contributed by atoms with Gasteiger partial charge in [-0.2, -0.15) is 0 Å². The minimum atomic E-state index is -0.870. The molecule has 0 aromatic carbocycles. The van der Waals surface area contributed by atoms with E-state index in [0.717, 1.165) is 32.1 Å². The second-order valence-corrected chi connectivity index (χ2v) is 10.2. The van der Waals surface area contributed by atoms with Crippen LogP contribution in [0.1, 0.15) is 65.7 Å². The van der Waals surface area contributed by atoms with Crippen LogP contribution in [0.4, 0.5) is 0 Å². The summed E-state index contributed by atoms with van der Waals surface area (Å²) in [6.45, 7) is 6.41. The Hall–Kier alpha value is -0.710. The van der Waals surface area contributed by atoms with Crippen molar-refractivity contribution in [3.05, 3.63) is 11.6 Å². The van der Waals surface area contributed by atoms with E-state index in [1.165, 1.54) is 5.57 Å². The fourth-order valence-electron chi connectivity index (χ4n) is 7.72. The number of carbonyl (C=O) groups is 1. The van der Waals surface area contributed by atoms with E-state index in [0.29, 0.717) is 24.7 Å². The summed E-state index contributed by atoms with van der Waals surface area (Å²) >= 11 is 0. The van der Waals surface area contributed by atoms with E-state index >= 15 is 0 Å². The number of allylic oxidation sites excluding steroid dienone is 1. The quantitative estimate of drug-likeness (QED) is 0.706. The molecule has 0 bridgehead atoms. The molecule has 0 unspecified atom stereocenters. The second kappa shape index (κ2) is 5.89. The van der Waals surface area contributed by atoms with Gasteiger partial charge in [0.2, 0.25) is 0 Å². The third-order valence-corrected chi connectivity index (χ3v) is 9.05. The summed E-state index contributed by atoms with van der Waals surface area (Å²) in [6.07, 6.45) is 6.89. The minimum absolute atomic E-state index is 0.00672. The van der Waals surface area contributed by atoms with Crippen LogP contribution in [0.2, 0.25) is 0 Å². The normalized spacial score (nSPS) is 53.5. The highest BCUT2D eigenvalue weighted by atomic mass is 16.3. The highest BCUT2D eigenvalue weighted by molar-refractivity contribution is 5.93. The van der Waals surface area contributed by atoms with Gasteiger partial charge in [-0.3, -0.25) is 4.79 Å². The average Bonchev–Trinajstić information content (AvgIpc) is 2.80. The summed E-state index contributed by atoms with van der Waals surface area (Å²) in [6, 6.07) is 0. The van der Waals surface area contributed by atoms with E-state index in [1.807, 2.05) is 13.0 Å². The number of rotatable bonds is 2. The molecule has 146 valence electrons. The molecule has 4 heteroatoms. The van der Waals surface area contributed by atoms with Gasteiger partial charge in [-0.25, -0.2) is 0 Å². The molecule has 3 N–H and O–H groups in total. The van der Waals surface area contributed by atoms with Gasteiger partial charge >= 0.3 is 0 Å². The lowest BCUT2D eigenvalue weighted by Crippen LogP contribution is -2.60. The number of hydrogen-bond acceptors (Lipinski definition) is 4. The van der Waals surface area contributed by atoms with Gasteiger partial charge in [0.05, 0.1) is 11.7 Å². The Morgan fingerprint density at radius 2 is 1.96 bits per heavy atom. The molecule has 4 nitrogen and oxygen atoms in total. The highest BCUT2D eigenvalue weighted by Gasteiger charge is 2.66. The molecule has 0 spiro atoms. The molecule has 4 aliphatic carbocycles. The van der Waals surface area contributed by atoms with Gasteiger partial charge in [0.1, 0.15) is 0 Å². The van der Waals surface area contributed by atoms with Crippen LogP contribution >= 0.6 is 0 Å². The van der Waals surface area contributed by atoms with Crippen molar-refractivity contribution >= 4 is 5.78 Å². The molecule has 3 saturated carbocycles. The maximum Gasteiger partial charge on any atom is 0.158 e. The van der Waals surface area contributed by atoms with Gasteiger partial charge in [-0.1, -0.05) is 26.3 Å². The van der Waals surface area contributed by atoms with Crippen LogP contribution < -0.4 is 0 Å². The van der Waals surface area contributed by atoms with E-state index in [9.17, 15) is 20.1 Å². The maximum atomic E-state index is 12.2. The Labute approximate surface area is 156 Å². The van der Waals surface area contributed by atoms with Crippen molar-refractivity contribution < 1.29 is 20.1 Å². The fraction of sp³-hybridized carbons (Fsp3) is 0.864. The molecule has 3 fully saturated rings. The largest absolute Gasteiger partial charge is 0.396 e. The number of hydrogen-bond donors (Lipinski definition) is 3. The molecular formula is C22H34O4. The Morgan fingerprint density at radius 1 is 1.23 bits per heavy atom. The van der Waals surface area contributed by atoms with Crippen LogP contribution in [0.3, 0.4) is 0 Å². The van der Waals surface area contributed by atoms with Gasteiger partial charge in [-0.05, 0) is 74.2 Å². The number of aliphatic hydroxyl groups is 3. The van der Waals surface area contributed by atoms with Gasteiger partial charge in [-0.15, -0.1) is 0 Å². The molecular weight excluding hydrogens is 328 g/mol. The second-order valence-electron chi connectivity index (χ2n) is 10.2. The summed E-state index contributed by atoms with van der Waals surface area (Å²) in [5.41, 5.74) is -0.0581. The van der Waals surface area contributed by atoms with Crippen molar-refractivity contribution in [2.24, 2.45) is 34.5 Å². The van der Waals surface area contributed by atoms with Crippen LogP contribution in [0.5, 0.6) is 0 Å². The molecule has 0 aromatic rings. The molecule has 0 aliphatic heterocycles. The third-order valence-electron chi connectivity index (χ3n) is 9.05. The van der Waals surface area contributed by atoms with Crippen molar-refractivity contribution in [3.8, 4) is 0 Å². The van der Waals surface area contributed by atoms with E-state index in [-0.39, 0.29) is 35.1 Å². The Balaban J connectivity index is 1.72. The monoisotopic (exact) mass is 362 g/mol. The molecule has 0 amide bonds. The van der Waals surface area contributed by atoms with Crippen LogP contribution in [0, 0.1) is 34.5 Å². The van der Waals surface area contributed by atoms with Gasteiger partial charge in [0.15, 0.2) is 5.78 Å². The van der Waals surface area contributed by atoms with Crippen molar-refractivity contribution in [2.75, 3.05) is 6.61 Å². The van der Waals surface area contributed by atoms with Crippen LogP contribution in [-0.4, -0.2) is 39.4 Å². The number of fused-ring (bicyclic) bond motifs is 5. The number of carbonyl (C=O) groups excluding carboxylic acids is 1. The lowest BCUT2D eigenvalue weighted by atomic mass is 9.45. The number of ketones is 1. The maximum absolute atomic E-state index is 12.2. The number of aliphatic hydroxyl groups excluding tert-OH is 2. The van der Waals surface area contributed by atoms with Crippen LogP contribution in [0.15, 0.2) is 11.6 Å². The highest BCUT2D eigenvalue weighted by Crippen LogP contribution is 2.68. The first-order valence-electron chi connectivity index (χ1n) is 10.4. The topological polar surface area (TPSA) is 77.8 Å². The van der Waals surface area contributed by atoms with Gasteiger partial charge in [0, 0.05) is 17.9 Å². The van der Waals surface area contributed by atoms with Crippen molar-refractivity contribution in [1.82, 2.24) is 0 Å². The zero-order valence-electron chi connectivity index (χ0n) is 16.4. The van der Waals surface area contributed by atoms with Crippen molar-refractivity contribution in [1.29, 1.82) is 0 Å². The zero-order valence-corrected chi connectivity index (χ0v) is 16.4. The Morgan fingerprint density at radius 3 is 2.65 bits per heavy atom. The lowest BCUT2D eigenvalue weighted by molar-refractivity contribution is -0.176. The molecule has 4 rings (SSSR count). The van der Waals surface area contributed by atoms with E-state index in [2.05, 4.69) is 13.8 Å². The Bertz CT molecular complexity index is 642. The average molecular weight is 363 g/mol. The molecule has 0 heterocycles. The third kappa shape index (κ3) is 2.28. The zero-order chi connectivity index (χ0) is 18.9. The summed E-state index contributed by atoms with van der Waals surface area (Å²) in [5.74, 6) is 1.22. The molecule has 4 aliphatic rings. The summed E-state index contributed by atoms with van der Waals surface area (Å²) in [4.78, 5) is 12.2. The molecule has 26 heavy (non-hydrogen) atoms. The standard InChI is InChI=1S/C22H34O4/c1-13-11-20(2)14(10-17(13)24)4-5-15-16-6-7-22(26,8-9-23)21(16,3)12-18(25)19(15)20/h10,13,15-16,18-19,23,25-26H,4-9,11-12H2,1-3H3/t13-,15+,16+,18+,19-,20+,21+,22+/m1/s1. The first-order chi connectivity index (χ1) is 12.2. The van der Waals surface area contributed by atoms with Crippen molar-refractivity contribution in [2.45, 2.75) is 77.4 Å². The minimum Gasteiger partial charge on any atom is -0.396 e. The summed E-state index contributed by atoms with van der Waals surface area (Å²) in [5, 5.41) is 32.1. The van der Waals surface area contributed by atoms with Crippen LogP contribution in [-0.2, 0) is 4.79 Å². The predicted molar refractivity (Wildman–Crippen MR) is 99.3 cm³/mol. The smallest absolute Gasteiger partial charge is 0.158 e. The van der Waals surface area contributed by atoms with E-state index < -0.39 is 11.7 Å². The van der Waals surface area contributed by atoms with Crippen molar-refractivity contribution in [3.63, 3.8) is 0 Å². The molecule has 0 radical (unpaired) electrons. The van der Waals surface area contributed by atoms with Gasteiger partial charge in [0.25, 0.3) is 0 Å². The van der Waals surface area contributed by atoms with E-state index in [4.69, 9.17) is 0 Å². The predicted octanol–water partition coefficient (Wildman–Crippen LogP) is 2.85. The first kappa shape index (κ1) is 18.6. The lowest BCUT2D eigenvalue weighted by Gasteiger charge is -2.61. The Kier molecular flexibility index (Phi) is 4.22. The summed E-state index contributed by atoms with van der Waals surface area (Å²) in [7, 11) is 0. The summed E-state index contributed by atoms with van der Waals surface area (Å²) < 4.78 is 0. The van der Waals surface area contributed by atoms with Gasteiger partial charge < -0.3 is 15.3 Å². The first-order valence-corrected chi connectivity index (χ1v) is 10.4. The fourth-order valence-corrected chi connectivity index (χ4v) is 7.72. The molecule has 8 atom stereocenters. The molecule has 0 aromatic heterocycles. The van der Waals surface area contributed by atoms with Crippen LogP contribution in [0.25, 0.3) is 0 Å². The van der Waals surface area contributed by atoms with E-state index in [1.54, 1.807) is 0 Å².